The van der Waals surface area contributed by atoms with E-state index in [0.29, 0.717) is 12.8 Å². The van der Waals surface area contributed by atoms with Gasteiger partial charge in [0.1, 0.15) is 11.6 Å². The van der Waals surface area contributed by atoms with Gasteiger partial charge >= 0.3 is 5.92 Å². The number of nitrogens with zero attached hydrogens (tertiary/aromatic N) is 2. The summed E-state index contributed by atoms with van der Waals surface area (Å²) in [6, 6.07) is 0.768. The summed E-state index contributed by atoms with van der Waals surface area (Å²) < 4.78 is 33.8. The highest BCUT2D eigenvalue weighted by Gasteiger charge is 2.60. The molecule has 0 aromatic rings. The number of alkyl halides is 2. The monoisotopic (exact) mass is 288 g/mol. The van der Waals surface area contributed by atoms with Crippen LogP contribution in [0.4, 0.5) is 8.78 Å². The van der Waals surface area contributed by atoms with E-state index in [9.17, 15) is 18.7 Å². The number of hydrogen-bond acceptors (Lipinski definition) is 4. The van der Waals surface area contributed by atoms with E-state index in [-0.39, 0.29) is 32.6 Å². The number of nitriles is 1. The molecule has 1 atom stereocenters. The third-order valence-corrected chi connectivity index (χ3v) is 4.07. The summed E-state index contributed by atoms with van der Waals surface area (Å²) in [6.45, 7) is -0.00208. The smallest absolute Gasteiger partial charge is 0.352 e. The number of hydrogen-bond donors (Lipinski definition) is 1. The highest BCUT2D eigenvalue weighted by Crippen LogP contribution is 2.42. The second-order valence-corrected chi connectivity index (χ2v) is 5.38. The third-order valence-electron chi connectivity index (χ3n) is 4.07. The zero-order valence-electron chi connectivity index (χ0n) is 11.1. The van der Waals surface area contributed by atoms with Crippen LogP contribution in [0.5, 0.6) is 0 Å². The lowest BCUT2D eigenvalue weighted by Gasteiger charge is -2.41. The summed E-state index contributed by atoms with van der Waals surface area (Å²) in [4.78, 5) is 12.9. The molecule has 0 aromatic heterocycles. The van der Waals surface area contributed by atoms with E-state index < -0.39 is 23.5 Å². The molecule has 7 heteroatoms. The predicted molar refractivity (Wildman–Crippen MR) is 64.9 cm³/mol. The highest BCUT2D eigenvalue weighted by atomic mass is 19.3. The largest absolute Gasteiger partial charge is 0.383 e. The van der Waals surface area contributed by atoms with Gasteiger partial charge in [-0.1, -0.05) is 19.3 Å². The molecule has 1 saturated heterocycles. The Morgan fingerprint density at radius 3 is 2.65 bits per heavy atom. The Morgan fingerprint density at radius 1 is 1.40 bits per heavy atom. The molecule has 1 aliphatic carbocycles. The minimum atomic E-state index is -3.86. The van der Waals surface area contributed by atoms with Gasteiger partial charge in [0, 0.05) is 6.54 Å². The summed E-state index contributed by atoms with van der Waals surface area (Å²) in [5.41, 5.74) is -2.29. The minimum Gasteiger partial charge on any atom is -0.383 e. The van der Waals surface area contributed by atoms with Crippen molar-refractivity contribution in [2.24, 2.45) is 0 Å². The van der Waals surface area contributed by atoms with Crippen LogP contribution in [-0.4, -0.2) is 53.2 Å². The molecule has 1 aliphatic heterocycles. The maximum atomic E-state index is 14.4. The SMILES string of the molecule is N#C[C@@H]1COCCN1C(=O)C(F)(F)C1(O)CCCCC1. The average molecular weight is 288 g/mol. The second-order valence-electron chi connectivity index (χ2n) is 5.38. The molecular formula is C13H18F2N2O3. The quantitative estimate of drug-likeness (QED) is 0.825. The van der Waals surface area contributed by atoms with Gasteiger partial charge in [-0.2, -0.15) is 14.0 Å². The molecule has 2 aliphatic rings. The number of rotatable bonds is 2. The molecule has 1 N–H and O–H groups in total. The van der Waals surface area contributed by atoms with Crippen molar-refractivity contribution in [3.8, 4) is 6.07 Å². The van der Waals surface area contributed by atoms with Crippen LogP contribution in [0.3, 0.4) is 0 Å². The van der Waals surface area contributed by atoms with Crippen molar-refractivity contribution in [2.45, 2.75) is 49.7 Å². The Balaban J connectivity index is 2.19. The summed E-state index contributed by atoms with van der Waals surface area (Å²) in [7, 11) is 0. The number of ether oxygens (including phenoxy) is 1. The minimum absolute atomic E-state index is 0.0528. The molecule has 1 saturated carbocycles. The van der Waals surface area contributed by atoms with Crippen LogP contribution in [0, 0.1) is 11.3 Å². The van der Waals surface area contributed by atoms with E-state index in [1.165, 1.54) is 0 Å². The number of halogens is 2. The van der Waals surface area contributed by atoms with Crippen LogP contribution in [0.1, 0.15) is 32.1 Å². The summed E-state index contributed by atoms with van der Waals surface area (Å²) in [5, 5.41) is 19.1. The second kappa shape index (κ2) is 5.62. The Morgan fingerprint density at radius 2 is 2.05 bits per heavy atom. The molecule has 0 radical (unpaired) electrons. The van der Waals surface area contributed by atoms with Crippen LogP contribution < -0.4 is 0 Å². The van der Waals surface area contributed by atoms with Crippen LogP contribution in [-0.2, 0) is 9.53 Å². The van der Waals surface area contributed by atoms with E-state index >= 15 is 0 Å². The fraction of sp³-hybridized carbons (Fsp3) is 0.846. The average Bonchev–Trinajstić information content (AvgIpc) is 2.47. The fourth-order valence-electron chi connectivity index (χ4n) is 2.78. The van der Waals surface area contributed by atoms with Gasteiger partial charge in [0.2, 0.25) is 0 Å². The van der Waals surface area contributed by atoms with E-state index in [0.717, 1.165) is 11.3 Å². The zero-order chi connectivity index (χ0) is 14.8. The standard InChI is InChI=1S/C13H18F2N2O3/c14-13(15,12(19)4-2-1-3-5-12)11(18)17-6-7-20-9-10(17)8-16/h10,19H,1-7,9H2/t10-/m1/s1. The lowest BCUT2D eigenvalue weighted by molar-refractivity contribution is -0.213. The van der Waals surface area contributed by atoms with Crippen molar-refractivity contribution in [2.75, 3.05) is 19.8 Å². The van der Waals surface area contributed by atoms with Crippen LogP contribution in [0.2, 0.25) is 0 Å². The van der Waals surface area contributed by atoms with Gasteiger partial charge in [0.25, 0.3) is 5.91 Å². The van der Waals surface area contributed by atoms with Crippen molar-refractivity contribution in [1.82, 2.24) is 4.90 Å². The van der Waals surface area contributed by atoms with Crippen molar-refractivity contribution < 1.29 is 23.4 Å². The van der Waals surface area contributed by atoms with E-state index in [1.807, 2.05) is 0 Å². The molecule has 2 rings (SSSR count). The predicted octanol–water partition coefficient (Wildman–Crippen LogP) is 1.07. The maximum Gasteiger partial charge on any atom is 0.352 e. The molecule has 2 fully saturated rings. The zero-order valence-corrected chi connectivity index (χ0v) is 11.1. The van der Waals surface area contributed by atoms with Crippen LogP contribution in [0.25, 0.3) is 0 Å². The molecule has 20 heavy (non-hydrogen) atoms. The van der Waals surface area contributed by atoms with Gasteiger partial charge in [-0.15, -0.1) is 0 Å². The van der Waals surface area contributed by atoms with Gasteiger partial charge in [-0.3, -0.25) is 4.79 Å². The lowest BCUT2D eigenvalue weighted by Crippen LogP contribution is -2.62. The molecule has 5 nitrogen and oxygen atoms in total. The maximum absolute atomic E-state index is 14.4. The molecule has 0 unspecified atom stereocenters. The van der Waals surface area contributed by atoms with Gasteiger partial charge < -0.3 is 14.7 Å². The Kier molecular flexibility index (Phi) is 4.25. The molecule has 1 heterocycles. The fourth-order valence-corrected chi connectivity index (χ4v) is 2.78. The number of morpholine rings is 1. The summed E-state index contributed by atoms with van der Waals surface area (Å²) in [5.74, 6) is -5.32. The van der Waals surface area contributed by atoms with E-state index in [2.05, 4.69) is 0 Å². The first-order valence-corrected chi connectivity index (χ1v) is 6.81. The van der Waals surface area contributed by atoms with E-state index in [1.54, 1.807) is 6.07 Å². The summed E-state index contributed by atoms with van der Waals surface area (Å²) in [6.07, 6.45) is 1.56. The molecule has 1 amide bonds. The van der Waals surface area contributed by atoms with Crippen molar-refractivity contribution in [3.05, 3.63) is 0 Å². The van der Waals surface area contributed by atoms with Crippen molar-refractivity contribution >= 4 is 5.91 Å². The van der Waals surface area contributed by atoms with Gasteiger partial charge in [0.15, 0.2) is 0 Å². The van der Waals surface area contributed by atoms with Crippen molar-refractivity contribution in [1.29, 1.82) is 5.26 Å². The first-order valence-electron chi connectivity index (χ1n) is 6.81. The molecule has 0 bridgehead atoms. The number of aliphatic hydroxyl groups is 1. The lowest BCUT2D eigenvalue weighted by atomic mass is 9.79. The van der Waals surface area contributed by atoms with Gasteiger partial charge in [-0.05, 0) is 12.8 Å². The normalized spacial score (nSPS) is 26.9. The number of carbonyl (C=O) groups excluding carboxylic acids is 1. The summed E-state index contributed by atoms with van der Waals surface area (Å²) >= 11 is 0. The number of carbonyl (C=O) groups is 1. The Labute approximate surface area is 116 Å². The highest BCUT2D eigenvalue weighted by molar-refractivity contribution is 5.85. The number of amides is 1. The Bertz CT molecular complexity index is 416. The molecule has 0 spiro atoms. The topological polar surface area (TPSA) is 73.6 Å². The molecule has 112 valence electrons. The van der Waals surface area contributed by atoms with Crippen LogP contribution >= 0.6 is 0 Å². The van der Waals surface area contributed by atoms with E-state index in [4.69, 9.17) is 10.00 Å². The van der Waals surface area contributed by atoms with Gasteiger partial charge in [-0.25, -0.2) is 0 Å². The third kappa shape index (κ3) is 2.50. The first-order chi connectivity index (χ1) is 9.42. The van der Waals surface area contributed by atoms with Crippen molar-refractivity contribution in [3.63, 3.8) is 0 Å². The van der Waals surface area contributed by atoms with Gasteiger partial charge in [0.05, 0.1) is 19.3 Å². The Hall–Kier alpha value is -1.26. The first kappa shape index (κ1) is 15.1. The molecular weight excluding hydrogens is 270 g/mol. The molecule has 0 aromatic carbocycles. The van der Waals surface area contributed by atoms with Crippen LogP contribution in [0.15, 0.2) is 0 Å².